The fourth-order valence-electron chi connectivity index (χ4n) is 2.18. The summed E-state index contributed by atoms with van der Waals surface area (Å²) in [6.07, 6.45) is 1.07. The van der Waals surface area contributed by atoms with Crippen molar-refractivity contribution in [1.82, 2.24) is 4.90 Å². The van der Waals surface area contributed by atoms with Gasteiger partial charge in [-0.2, -0.15) is 0 Å². The quantitative estimate of drug-likeness (QED) is 0.719. The number of benzene rings is 1. The molecule has 0 aliphatic carbocycles. The number of methoxy groups -OCH3 is 1. The summed E-state index contributed by atoms with van der Waals surface area (Å²) in [6, 6.07) is 10.4. The van der Waals surface area contributed by atoms with Gasteiger partial charge < -0.3 is 15.4 Å². The Bertz CT molecular complexity index is 316. The Balaban J connectivity index is 2.37. The maximum Gasteiger partial charge on any atom is 0.0474 e. The third-order valence-corrected chi connectivity index (χ3v) is 3.29. The van der Waals surface area contributed by atoms with Crippen molar-refractivity contribution in [2.24, 2.45) is 11.7 Å². The predicted octanol–water partition coefficient (Wildman–Crippen LogP) is 2.29. The van der Waals surface area contributed by atoms with Gasteiger partial charge in [0.25, 0.3) is 0 Å². The van der Waals surface area contributed by atoms with Crippen LogP contribution >= 0.6 is 0 Å². The minimum atomic E-state index is 0.107. The molecule has 0 radical (unpaired) electrons. The Morgan fingerprint density at radius 1 is 1.28 bits per heavy atom. The van der Waals surface area contributed by atoms with Crippen molar-refractivity contribution in [1.29, 1.82) is 0 Å². The third-order valence-electron chi connectivity index (χ3n) is 3.29. The fraction of sp³-hybridized carbons (Fsp3) is 0.600. The monoisotopic (exact) mass is 250 g/mol. The lowest BCUT2D eigenvalue weighted by molar-refractivity contribution is 0.173. The molecule has 0 aliphatic rings. The molecule has 1 aromatic rings. The summed E-state index contributed by atoms with van der Waals surface area (Å²) in [7, 11) is 3.89. The van der Waals surface area contributed by atoms with E-state index in [-0.39, 0.29) is 6.04 Å². The molecular weight excluding hydrogens is 224 g/mol. The molecule has 0 amide bonds. The van der Waals surface area contributed by atoms with Gasteiger partial charge in [0, 0.05) is 32.8 Å². The summed E-state index contributed by atoms with van der Waals surface area (Å²) in [4.78, 5) is 2.33. The highest BCUT2D eigenvalue weighted by molar-refractivity contribution is 5.19. The lowest BCUT2D eigenvalue weighted by Crippen LogP contribution is -2.32. The third kappa shape index (κ3) is 5.17. The van der Waals surface area contributed by atoms with Gasteiger partial charge in [0.15, 0.2) is 0 Å². The average Bonchev–Trinajstić information content (AvgIpc) is 2.39. The second kappa shape index (κ2) is 8.25. The van der Waals surface area contributed by atoms with E-state index in [1.807, 2.05) is 18.2 Å². The van der Waals surface area contributed by atoms with Crippen molar-refractivity contribution in [2.75, 3.05) is 33.9 Å². The van der Waals surface area contributed by atoms with Crippen LogP contribution in [0.15, 0.2) is 30.3 Å². The molecule has 0 saturated heterocycles. The molecule has 0 aliphatic heterocycles. The van der Waals surface area contributed by atoms with E-state index in [2.05, 4.69) is 31.0 Å². The Morgan fingerprint density at radius 3 is 2.56 bits per heavy atom. The van der Waals surface area contributed by atoms with Crippen LogP contribution in [0.4, 0.5) is 0 Å². The molecule has 3 nitrogen and oxygen atoms in total. The van der Waals surface area contributed by atoms with Gasteiger partial charge in [-0.25, -0.2) is 0 Å². The Hall–Kier alpha value is -0.900. The summed E-state index contributed by atoms with van der Waals surface area (Å²) >= 11 is 0. The van der Waals surface area contributed by atoms with Gasteiger partial charge in [-0.15, -0.1) is 0 Å². The van der Waals surface area contributed by atoms with E-state index in [0.717, 1.165) is 26.1 Å². The molecule has 3 heteroatoms. The molecule has 1 rings (SSSR count). The molecule has 1 aromatic carbocycles. The Kier molecular flexibility index (Phi) is 6.94. The van der Waals surface area contributed by atoms with E-state index in [0.29, 0.717) is 5.92 Å². The topological polar surface area (TPSA) is 38.5 Å². The van der Waals surface area contributed by atoms with E-state index in [1.165, 1.54) is 5.56 Å². The van der Waals surface area contributed by atoms with Crippen molar-refractivity contribution >= 4 is 0 Å². The largest absolute Gasteiger partial charge is 0.385 e. The van der Waals surface area contributed by atoms with Crippen LogP contribution in [0, 0.1) is 5.92 Å². The zero-order chi connectivity index (χ0) is 13.4. The molecule has 0 bridgehead atoms. The van der Waals surface area contributed by atoms with Gasteiger partial charge in [-0.1, -0.05) is 37.3 Å². The maximum absolute atomic E-state index is 6.29. The minimum absolute atomic E-state index is 0.107. The normalized spacial score (nSPS) is 14.7. The van der Waals surface area contributed by atoms with Crippen LogP contribution in [0.3, 0.4) is 0 Å². The van der Waals surface area contributed by atoms with Crippen molar-refractivity contribution in [3.63, 3.8) is 0 Å². The minimum Gasteiger partial charge on any atom is -0.385 e. The summed E-state index contributed by atoms with van der Waals surface area (Å²) < 4.78 is 5.06. The van der Waals surface area contributed by atoms with Gasteiger partial charge in [0.05, 0.1) is 0 Å². The van der Waals surface area contributed by atoms with Gasteiger partial charge in [-0.05, 0) is 24.9 Å². The molecule has 0 spiro atoms. The van der Waals surface area contributed by atoms with Gasteiger partial charge in [-0.3, -0.25) is 0 Å². The Morgan fingerprint density at radius 2 is 1.94 bits per heavy atom. The highest BCUT2D eigenvalue weighted by Gasteiger charge is 2.16. The lowest BCUT2D eigenvalue weighted by atomic mass is 9.95. The van der Waals surface area contributed by atoms with E-state index in [1.54, 1.807) is 7.11 Å². The van der Waals surface area contributed by atoms with Crippen LogP contribution < -0.4 is 5.73 Å². The molecule has 18 heavy (non-hydrogen) atoms. The second-order valence-corrected chi connectivity index (χ2v) is 5.02. The summed E-state index contributed by atoms with van der Waals surface area (Å²) in [5, 5.41) is 0. The second-order valence-electron chi connectivity index (χ2n) is 5.02. The summed E-state index contributed by atoms with van der Waals surface area (Å²) in [5.74, 6) is 0.444. The maximum atomic E-state index is 6.29. The zero-order valence-corrected chi connectivity index (χ0v) is 11.8. The molecule has 102 valence electrons. The van der Waals surface area contributed by atoms with Crippen LogP contribution in [0.1, 0.15) is 24.9 Å². The summed E-state index contributed by atoms with van der Waals surface area (Å²) in [5.41, 5.74) is 7.51. The van der Waals surface area contributed by atoms with Crippen molar-refractivity contribution in [3.05, 3.63) is 35.9 Å². The van der Waals surface area contributed by atoms with Crippen LogP contribution in [-0.4, -0.2) is 38.8 Å². The predicted molar refractivity (Wildman–Crippen MR) is 76.5 cm³/mol. The average molecular weight is 250 g/mol. The van der Waals surface area contributed by atoms with E-state index >= 15 is 0 Å². The fourth-order valence-corrected chi connectivity index (χ4v) is 2.18. The first-order chi connectivity index (χ1) is 8.65. The number of hydrogen-bond donors (Lipinski definition) is 1. The molecule has 2 N–H and O–H groups in total. The molecule has 2 atom stereocenters. The smallest absolute Gasteiger partial charge is 0.0474 e. The van der Waals surface area contributed by atoms with Crippen LogP contribution in [0.2, 0.25) is 0 Å². The van der Waals surface area contributed by atoms with Gasteiger partial charge in [0.1, 0.15) is 0 Å². The van der Waals surface area contributed by atoms with Crippen molar-refractivity contribution in [3.8, 4) is 0 Å². The zero-order valence-electron chi connectivity index (χ0n) is 11.8. The SMILES string of the molecule is COCCCN(C)CC(C)C(N)c1ccccc1. The van der Waals surface area contributed by atoms with Crippen molar-refractivity contribution in [2.45, 2.75) is 19.4 Å². The first kappa shape index (κ1) is 15.2. The van der Waals surface area contributed by atoms with Crippen LogP contribution in [0.5, 0.6) is 0 Å². The highest BCUT2D eigenvalue weighted by Crippen LogP contribution is 2.19. The van der Waals surface area contributed by atoms with Crippen molar-refractivity contribution < 1.29 is 4.74 Å². The van der Waals surface area contributed by atoms with Gasteiger partial charge >= 0.3 is 0 Å². The number of nitrogens with two attached hydrogens (primary N) is 1. The molecular formula is C15H26N2O. The first-order valence-electron chi connectivity index (χ1n) is 6.63. The lowest BCUT2D eigenvalue weighted by Gasteiger charge is -2.26. The van der Waals surface area contributed by atoms with E-state index in [4.69, 9.17) is 10.5 Å². The van der Waals surface area contributed by atoms with E-state index in [9.17, 15) is 0 Å². The Labute approximate surface area is 111 Å². The van der Waals surface area contributed by atoms with Crippen LogP contribution in [-0.2, 0) is 4.74 Å². The molecule has 0 heterocycles. The number of ether oxygens (including phenoxy) is 1. The summed E-state index contributed by atoms with van der Waals surface area (Å²) in [6.45, 7) is 5.10. The number of rotatable bonds is 8. The first-order valence-corrected chi connectivity index (χ1v) is 6.63. The number of hydrogen-bond acceptors (Lipinski definition) is 3. The van der Waals surface area contributed by atoms with Gasteiger partial charge in [0.2, 0.25) is 0 Å². The molecule has 0 aromatic heterocycles. The highest BCUT2D eigenvalue weighted by atomic mass is 16.5. The standard InChI is InChI=1S/C15H26N2O/c1-13(12-17(2)10-7-11-18-3)15(16)14-8-5-4-6-9-14/h4-6,8-9,13,15H,7,10-12,16H2,1-3H3. The van der Waals surface area contributed by atoms with E-state index < -0.39 is 0 Å². The molecule has 2 unspecified atom stereocenters. The van der Waals surface area contributed by atoms with Crippen LogP contribution in [0.25, 0.3) is 0 Å². The number of nitrogens with zero attached hydrogens (tertiary/aromatic N) is 1. The molecule has 0 fully saturated rings. The molecule has 0 saturated carbocycles.